The Morgan fingerprint density at radius 3 is 2.90 bits per heavy atom. The van der Waals surface area contributed by atoms with E-state index in [2.05, 4.69) is 5.48 Å². The van der Waals surface area contributed by atoms with Crippen LogP contribution in [0.2, 0.25) is 0 Å². The Bertz CT molecular complexity index is 173. The average Bonchev–Trinajstić information content (AvgIpc) is 1.81. The van der Waals surface area contributed by atoms with Crippen molar-refractivity contribution in [3.05, 3.63) is 0 Å². The van der Waals surface area contributed by atoms with Crippen LogP contribution in [0.25, 0.3) is 0 Å². The van der Waals surface area contributed by atoms with Gasteiger partial charge in [-0.05, 0) is 12.8 Å². The second kappa shape index (κ2) is 3.32. The Morgan fingerprint density at radius 2 is 2.10 bits per heavy atom. The van der Waals surface area contributed by atoms with Crippen molar-refractivity contribution >= 4 is 9.84 Å². The lowest BCUT2D eigenvalue weighted by Crippen LogP contribution is -2.28. The van der Waals surface area contributed by atoms with E-state index in [4.69, 9.17) is 4.84 Å². The van der Waals surface area contributed by atoms with Crippen LogP contribution in [0.5, 0.6) is 0 Å². The summed E-state index contributed by atoms with van der Waals surface area (Å²) >= 11 is 0. The van der Waals surface area contributed by atoms with E-state index in [0.29, 0.717) is 13.0 Å². The molecule has 1 N–H and O–H groups in total. The minimum Gasteiger partial charge on any atom is -0.301 e. The van der Waals surface area contributed by atoms with Crippen LogP contribution >= 0.6 is 0 Å². The molecule has 0 saturated carbocycles. The fourth-order valence-electron chi connectivity index (χ4n) is 0.772. The van der Waals surface area contributed by atoms with Crippen LogP contribution in [0.1, 0.15) is 12.8 Å². The average molecular weight is 165 g/mol. The van der Waals surface area contributed by atoms with E-state index in [-0.39, 0.29) is 11.6 Å². The number of sulfone groups is 1. The molecule has 1 saturated heterocycles. The molecular weight excluding hydrogens is 154 g/mol. The van der Waals surface area contributed by atoms with Gasteiger partial charge in [0.1, 0.15) is 5.88 Å². The summed E-state index contributed by atoms with van der Waals surface area (Å²) in [6, 6.07) is 0. The first-order valence-corrected chi connectivity index (χ1v) is 5.08. The molecule has 0 aromatic heterocycles. The highest BCUT2D eigenvalue weighted by Gasteiger charge is 2.11. The molecule has 0 atom stereocenters. The van der Waals surface area contributed by atoms with Gasteiger partial charge >= 0.3 is 0 Å². The Labute approximate surface area is 60.4 Å². The predicted molar refractivity (Wildman–Crippen MR) is 37.0 cm³/mol. The number of hydroxylamine groups is 1. The van der Waals surface area contributed by atoms with Gasteiger partial charge in [-0.2, -0.15) is 5.48 Å². The second-order valence-electron chi connectivity index (χ2n) is 2.29. The molecule has 0 spiro atoms. The predicted octanol–water partition coefficient (Wildman–Crippen LogP) is -0.326. The first-order valence-electron chi connectivity index (χ1n) is 3.26. The second-order valence-corrected chi connectivity index (χ2v) is 4.48. The van der Waals surface area contributed by atoms with E-state index >= 15 is 0 Å². The molecule has 0 amide bonds. The molecule has 0 aromatic carbocycles. The zero-order valence-electron chi connectivity index (χ0n) is 5.67. The molecule has 0 unspecified atom stereocenters. The normalized spacial score (nSPS) is 26.8. The third kappa shape index (κ3) is 2.64. The molecule has 1 heterocycles. The highest BCUT2D eigenvalue weighted by atomic mass is 32.2. The fraction of sp³-hybridized carbons (Fsp3) is 1.00. The Balaban J connectivity index is 2.46. The molecular formula is C5H11NO3S. The van der Waals surface area contributed by atoms with Crippen molar-refractivity contribution in [3.63, 3.8) is 0 Å². The van der Waals surface area contributed by atoms with Gasteiger partial charge in [0.15, 0.2) is 9.84 Å². The fourth-order valence-corrected chi connectivity index (χ4v) is 1.82. The summed E-state index contributed by atoms with van der Waals surface area (Å²) in [5.74, 6) is 0.232. The largest absolute Gasteiger partial charge is 0.301 e. The lowest BCUT2D eigenvalue weighted by molar-refractivity contribution is 0.0487. The monoisotopic (exact) mass is 165 g/mol. The molecule has 0 bridgehead atoms. The third-order valence-corrected chi connectivity index (χ3v) is 2.80. The topological polar surface area (TPSA) is 55.4 Å². The minimum absolute atomic E-state index is 0.0486. The summed E-state index contributed by atoms with van der Waals surface area (Å²) in [6.07, 6.45) is 1.52. The summed E-state index contributed by atoms with van der Waals surface area (Å²) < 4.78 is 21.8. The summed E-state index contributed by atoms with van der Waals surface area (Å²) in [6.45, 7) is 0.607. The van der Waals surface area contributed by atoms with Crippen LogP contribution in [0, 0.1) is 0 Å². The van der Waals surface area contributed by atoms with Crippen LogP contribution < -0.4 is 5.48 Å². The van der Waals surface area contributed by atoms with Crippen LogP contribution in [-0.4, -0.2) is 26.7 Å². The Hall–Kier alpha value is -0.130. The SMILES string of the molecule is O=S1(=O)CCCCONC1. The molecule has 1 rings (SSSR count). The van der Waals surface area contributed by atoms with E-state index in [1.54, 1.807) is 0 Å². The van der Waals surface area contributed by atoms with Crippen LogP contribution in [-0.2, 0) is 14.7 Å². The molecule has 10 heavy (non-hydrogen) atoms. The maximum absolute atomic E-state index is 10.9. The molecule has 60 valence electrons. The molecule has 4 nitrogen and oxygen atoms in total. The van der Waals surface area contributed by atoms with Crippen molar-refractivity contribution in [3.8, 4) is 0 Å². The lowest BCUT2D eigenvalue weighted by atomic mass is 10.4. The number of hydrogen-bond donors (Lipinski definition) is 1. The van der Waals surface area contributed by atoms with Gasteiger partial charge in [-0.3, -0.25) is 0 Å². The number of hydrogen-bond acceptors (Lipinski definition) is 4. The van der Waals surface area contributed by atoms with Crippen LogP contribution in [0.4, 0.5) is 0 Å². The molecule has 1 fully saturated rings. The van der Waals surface area contributed by atoms with Crippen LogP contribution in [0.15, 0.2) is 0 Å². The third-order valence-electron chi connectivity index (χ3n) is 1.33. The molecule has 1 aliphatic rings. The van der Waals surface area contributed by atoms with Gasteiger partial charge in [0, 0.05) is 0 Å². The maximum atomic E-state index is 10.9. The van der Waals surface area contributed by atoms with E-state index in [1.807, 2.05) is 0 Å². The molecule has 1 aliphatic heterocycles. The summed E-state index contributed by atoms with van der Waals surface area (Å²) in [5.41, 5.74) is 2.39. The van der Waals surface area contributed by atoms with E-state index in [1.165, 1.54) is 0 Å². The van der Waals surface area contributed by atoms with Crippen molar-refractivity contribution < 1.29 is 13.3 Å². The van der Waals surface area contributed by atoms with Crippen molar-refractivity contribution in [1.82, 2.24) is 5.48 Å². The van der Waals surface area contributed by atoms with Gasteiger partial charge in [0.2, 0.25) is 0 Å². The number of nitrogens with one attached hydrogen (secondary N) is 1. The molecule has 0 aromatic rings. The van der Waals surface area contributed by atoms with Gasteiger partial charge in [-0.15, -0.1) is 0 Å². The Kier molecular flexibility index (Phi) is 2.64. The van der Waals surface area contributed by atoms with Gasteiger partial charge in [0.25, 0.3) is 0 Å². The zero-order chi connectivity index (χ0) is 7.45. The van der Waals surface area contributed by atoms with Crippen molar-refractivity contribution in [2.75, 3.05) is 18.2 Å². The maximum Gasteiger partial charge on any atom is 0.165 e. The minimum atomic E-state index is -2.88. The van der Waals surface area contributed by atoms with Gasteiger partial charge in [-0.25, -0.2) is 8.42 Å². The van der Waals surface area contributed by atoms with Gasteiger partial charge in [-0.1, -0.05) is 0 Å². The zero-order valence-corrected chi connectivity index (χ0v) is 6.49. The lowest BCUT2D eigenvalue weighted by Gasteiger charge is -2.10. The number of rotatable bonds is 0. The molecule has 5 heteroatoms. The summed E-state index contributed by atoms with van der Waals surface area (Å²) in [4.78, 5) is 4.78. The van der Waals surface area contributed by atoms with Gasteiger partial charge < -0.3 is 4.84 Å². The van der Waals surface area contributed by atoms with E-state index < -0.39 is 9.84 Å². The highest BCUT2D eigenvalue weighted by Crippen LogP contribution is 1.99. The quantitative estimate of drug-likeness (QED) is 0.534. The summed E-state index contributed by atoms with van der Waals surface area (Å²) in [5, 5.41) is 0. The first-order chi connectivity index (χ1) is 4.71. The highest BCUT2D eigenvalue weighted by molar-refractivity contribution is 7.91. The Morgan fingerprint density at radius 1 is 1.30 bits per heavy atom. The van der Waals surface area contributed by atoms with Crippen molar-refractivity contribution in [1.29, 1.82) is 0 Å². The molecule has 0 aliphatic carbocycles. The van der Waals surface area contributed by atoms with Gasteiger partial charge in [0.05, 0.1) is 12.4 Å². The standard InChI is InChI=1S/C5H11NO3S/c7-10(8)4-2-1-3-9-6-5-10/h6H,1-5H2. The summed E-state index contributed by atoms with van der Waals surface area (Å²) in [7, 11) is -2.88. The van der Waals surface area contributed by atoms with Crippen molar-refractivity contribution in [2.45, 2.75) is 12.8 Å². The first kappa shape index (κ1) is 7.97. The van der Waals surface area contributed by atoms with E-state index in [9.17, 15) is 8.42 Å². The van der Waals surface area contributed by atoms with Crippen LogP contribution in [0.3, 0.4) is 0 Å². The van der Waals surface area contributed by atoms with E-state index in [0.717, 1.165) is 6.42 Å². The molecule has 0 radical (unpaired) electrons. The smallest absolute Gasteiger partial charge is 0.165 e. The van der Waals surface area contributed by atoms with Crippen molar-refractivity contribution in [2.24, 2.45) is 0 Å².